The molecule has 0 bridgehead atoms. The van der Waals surface area contributed by atoms with Crippen molar-refractivity contribution >= 4 is 11.6 Å². The summed E-state index contributed by atoms with van der Waals surface area (Å²) in [6.45, 7) is 0. The van der Waals surface area contributed by atoms with Gasteiger partial charge in [0.2, 0.25) is 0 Å². The van der Waals surface area contributed by atoms with Gasteiger partial charge >= 0.3 is 0 Å². The van der Waals surface area contributed by atoms with E-state index in [4.69, 9.17) is 31.7 Å². The van der Waals surface area contributed by atoms with Crippen molar-refractivity contribution in [1.82, 2.24) is 5.43 Å². The highest BCUT2D eigenvalue weighted by molar-refractivity contribution is 6.30. The topological polar surface area (TPSA) is 65.7 Å². The van der Waals surface area contributed by atoms with E-state index in [1.807, 2.05) is 0 Å². The van der Waals surface area contributed by atoms with Gasteiger partial charge in [0.25, 0.3) is 0 Å². The Balaban J connectivity index is 3.13. The number of ether oxygens (including phenoxy) is 3. The summed E-state index contributed by atoms with van der Waals surface area (Å²) in [6, 6.07) is 4.89. The number of nitrogens with one attached hydrogen (secondary N) is 1. The molecule has 0 saturated heterocycles. The van der Waals surface area contributed by atoms with Crippen LogP contribution in [0.25, 0.3) is 0 Å². The van der Waals surface area contributed by atoms with Crippen LogP contribution < -0.4 is 16.0 Å². The molecule has 0 radical (unpaired) electrons. The molecular weight excluding hydrogens is 244 g/mol. The predicted octanol–water partition coefficient (Wildman–Crippen LogP) is 1.47. The molecule has 0 heterocycles. The van der Waals surface area contributed by atoms with Crippen molar-refractivity contribution in [2.75, 3.05) is 21.3 Å². The molecule has 17 heavy (non-hydrogen) atoms. The van der Waals surface area contributed by atoms with Crippen LogP contribution in [0.3, 0.4) is 0 Å². The van der Waals surface area contributed by atoms with Crippen LogP contribution in [0.15, 0.2) is 18.2 Å². The summed E-state index contributed by atoms with van der Waals surface area (Å²) >= 11 is 5.96. The zero-order valence-electron chi connectivity index (χ0n) is 10.1. The molecule has 96 valence electrons. The first-order valence-electron chi connectivity index (χ1n) is 5.03. The maximum absolute atomic E-state index is 5.96. The fourth-order valence-electron chi connectivity index (χ4n) is 1.63. The lowest BCUT2D eigenvalue weighted by Crippen LogP contribution is -2.38. The average molecular weight is 261 g/mol. The monoisotopic (exact) mass is 260 g/mol. The fourth-order valence-corrected chi connectivity index (χ4v) is 1.81. The quantitative estimate of drug-likeness (QED) is 0.461. The van der Waals surface area contributed by atoms with E-state index in [1.54, 1.807) is 25.3 Å². The van der Waals surface area contributed by atoms with E-state index in [9.17, 15) is 0 Å². The molecular formula is C11H17ClN2O3. The number of hydrazine groups is 1. The Morgan fingerprint density at radius 2 is 1.88 bits per heavy atom. The summed E-state index contributed by atoms with van der Waals surface area (Å²) < 4.78 is 15.6. The molecule has 0 aliphatic rings. The summed E-state index contributed by atoms with van der Waals surface area (Å²) in [6.07, 6.45) is -0.535. The van der Waals surface area contributed by atoms with E-state index in [-0.39, 0.29) is 6.04 Å². The van der Waals surface area contributed by atoms with Crippen molar-refractivity contribution in [2.24, 2.45) is 5.84 Å². The largest absolute Gasteiger partial charge is 0.496 e. The van der Waals surface area contributed by atoms with Crippen molar-refractivity contribution in [1.29, 1.82) is 0 Å². The Morgan fingerprint density at radius 3 is 2.35 bits per heavy atom. The molecule has 1 rings (SSSR count). The van der Waals surface area contributed by atoms with Crippen molar-refractivity contribution in [2.45, 2.75) is 12.3 Å². The smallest absolute Gasteiger partial charge is 0.177 e. The molecule has 0 aliphatic heterocycles. The fraction of sp³-hybridized carbons (Fsp3) is 0.455. The van der Waals surface area contributed by atoms with Gasteiger partial charge in [-0.25, -0.2) is 5.43 Å². The van der Waals surface area contributed by atoms with Gasteiger partial charge in [-0.3, -0.25) is 5.84 Å². The molecule has 1 unspecified atom stereocenters. The number of nitrogens with two attached hydrogens (primary N) is 1. The number of rotatable bonds is 6. The molecule has 0 fully saturated rings. The number of hydrogen-bond donors (Lipinski definition) is 2. The van der Waals surface area contributed by atoms with Crippen molar-refractivity contribution in [3.8, 4) is 5.75 Å². The third-order valence-electron chi connectivity index (χ3n) is 2.44. The minimum absolute atomic E-state index is 0.376. The van der Waals surface area contributed by atoms with E-state index in [2.05, 4.69) is 5.43 Å². The zero-order valence-corrected chi connectivity index (χ0v) is 10.8. The van der Waals surface area contributed by atoms with Crippen LogP contribution in [0.4, 0.5) is 0 Å². The lowest BCUT2D eigenvalue weighted by atomic mass is 10.1. The maximum Gasteiger partial charge on any atom is 0.177 e. The third kappa shape index (κ3) is 3.31. The summed E-state index contributed by atoms with van der Waals surface area (Å²) in [4.78, 5) is 0. The molecule has 1 atom stereocenters. The van der Waals surface area contributed by atoms with Gasteiger partial charge in [-0.15, -0.1) is 0 Å². The Kier molecular flexibility index (Phi) is 5.67. The SMILES string of the molecule is COc1ccc(Cl)cc1C(NN)C(OC)OC. The van der Waals surface area contributed by atoms with Crippen LogP contribution in [0.2, 0.25) is 5.02 Å². The number of benzene rings is 1. The van der Waals surface area contributed by atoms with Crippen LogP contribution >= 0.6 is 11.6 Å². The van der Waals surface area contributed by atoms with Crippen LogP contribution in [-0.4, -0.2) is 27.6 Å². The summed E-state index contributed by atoms with van der Waals surface area (Å²) in [5.41, 5.74) is 3.41. The minimum atomic E-state index is -0.535. The van der Waals surface area contributed by atoms with Crippen molar-refractivity contribution in [3.63, 3.8) is 0 Å². The first-order chi connectivity index (χ1) is 8.17. The van der Waals surface area contributed by atoms with Crippen molar-refractivity contribution in [3.05, 3.63) is 28.8 Å². The Labute approximate surface area is 106 Å². The van der Waals surface area contributed by atoms with E-state index in [1.165, 1.54) is 14.2 Å². The van der Waals surface area contributed by atoms with Gasteiger partial charge < -0.3 is 14.2 Å². The van der Waals surface area contributed by atoms with E-state index < -0.39 is 6.29 Å². The lowest BCUT2D eigenvalue weighted by molar-refractivity contribution is -0.124. The number of halogens is 1. The Hall–Kier alpha value is -0.850. The first kappa shape index (κ1) is 14.2. The molecule has 0 amide bonds. The van der Waals surface area contributed by atoms with Crippen LogP contribution in [-0.2, 0) is 9.47 Å². The Bertz CT molecular complexity index is 359. The molecule has 1 aromatic rings. The molecule has 0 saturated carbocycles. The highest BCUT2D eigenvalue weighted by Crippen LogP contribution is 2.30. The minimum Gasteiger partial charge on any atom is -0.496 e. The van der Waals surface area contributed by atoms with E-state index in [0.717, 1.165) is 5.56 Å². The number of methoxy groups -OCH3 is 3. The van der Waals surface area contributed by atoms with E-state index >= 15 is 0 Å². The zero-order chi connectivity index (χ0) is 12.8. The number of hydrogen-bond acceptors (Lipinski definition) is 5. The van der Waals surface area contributed by atoms with Gasteiger partial charge in [0, 0.05) is 24.8 Å². The van der Waals surface area contributed by atoms with E-state index in [0.29, 0.717) is 10.8 Å². The maximum atomic E-state index is 5.96. The molecule has 6 heteroatoms. The van der Waals surface area contributed by atoms with Gasteiger partial charge in [0.15, 0.2) is 6.29 Å². The molecule has 1 aromatic carbocycles. The highest BCUT2D eigenvalue weighted by atomic mass is 35.5. The van der Waals surface area contributed by atoms with Gasteiger partial charge in [-0.05, 0) is 18.2 Å². The van der Waals surface area contributed by atoms with Gasteiger partial charge in [-0.1, -0.05) is 11.6 Å². The lowest BCUT2D eigenvalue weighted by Gasteiger charge is -2.25. The van der Waals surface area contributed by atoms with Gasteiger partial charge in [0.1, 0.15) is 11.8 Å². The van der Waals surface area contributed by atoms with Gasteiger partial charge in [0.05, 0.1) is 7.11 Å². The molecule has 0 spiro atoms. The Morgan fingerprint density at radius 1 is 1.24 bits per heavy atom. The summed E-state index contributed by atoms with van der Waals surface area (Å²) in [5.74, 6) is 6.19. The molecule has 3 N–H and O–H groups in total. The average Bonchev–Trinajstić information content (AvgIpc) is 2.35. The summed E-state index contributed by atoms with van der Waals surface area (Å²) in [5, 5.41) is 0.590. The highest BCUT2D eigenvalue weighted by Gasteiger charge is 2.25. The van der Waals surface area contributed by atoms with Crippen LogP contribution in [0.1, 0.15) is 11.6 Å². The van der Waals surface area contributed by atoms with Gasteiger partial charge in [-0.2, -0.15) is 0 Å². The second-order valence-corrected chi connectivity index (χ2v) is 3.81. The van der Waals surface area contributed by atoms with Crippen LogP contribution in [0.5, 0.6) is 5.75 Å². The summed E-state index contributed by atoms with van der Waals surface area (Å²) in [7, 11) is 4.65. The predicted molar refractivity (Wildman–Crippen MR) is 65.9 cm³/mol. The molecule has 5 nitrogen and oxygen atoms in total. The molecule has 0 aliphatic carbocycles. The standard InChI is InChI=1S/C11H17ClN2O3/c1-15-9-5-4-7(12)6-8(9)10(14-13)11(16-2)17-3/h4-6,10-11,14H,13H2,1-3H3. The van der Waals surface area contributed by atoms with Crippen molar-refractivity contribution < 1.29 is 14.2 Å². The van der Waals surface area contributed by atoms with Crippen LogP contribution in [0, 0.1) is 0 Å². The second kappa shape index (κ2) is 6.78. The normalized spacial score (nSPS) is 12.8. The molecule has 0 aromatic heterocycles. The second-order valence-electron chi connectivity index (χ2n) is 3.37. The first-order valence-corrected chi connectivity index (χ1v) is 5.40. The third-order valence-corrected chi connectivity index (χ3v) is 2.68.